The van der Waals surface area contributed by atoms with Crippen LogP contribution in [0.3, 0.4) is 0 Å². The summed E-state index contributed by atoms with van der Waals surface area (Å²) < 4.78 is 59.3. The minimum Gasteiger partial charge on any atom is -0.455 e. The van der Waals surface area contributed by atoms with Crippen molar-refractivity contribution < 1.29 is 71.1 Å². The first-order valence-electron chi connectivity index (χ1n) is 18.0. The van der Waals surface area contributed by atoms with Gasteiger partial charge in [0.05, 0.1) is 19.5 Å². The van der Waals surface area contributed by atoms with Crippen LogP contribution in [0.4, 0.5) is 11.6 Å². The van der Waals surface area contributed by atoms with Gasteiger partial charge in [0, 0.05) is 30.2 Å². The monoisotopic (exact) mass is 905 g/mol. The quantitative estimate of drug-likeness (QED) is 0.0510. The van der Waals surface area contributed by atoms with E-state index >= 15 is 0 Å². The van der Waals surface area contributed by atoms with E-state index in [1.807, 2.05) is 0 Å². The number of phosphoric acid groups is 2. The third-order valence-electron chi connectivity index (χ3n) is 8.63. The van der Waals surface area contributed by atoms with Gasteiger partial charge in [-0.05, 0) is 12.5 Å². The van der Waals surface area contributed by atoms with Crippen LogP contribution in [0.15, 0.2) is 42.4 Å². The van der Waals surface area contributed by atoms with Gasteiger partial charge >= 0.3 is 27.3 Å². The molecule has 2 aliphatic rings. The molecule has 0 aromatic carbocycles. The Labute approximate surface area is 345 Å². The summed E-state index contributed by atoms with van der Waals surface area (Å²) in [4.78, 5) is 97.3. The number of hydrogen-bond acceptors (Lipinski definition) is 20. The van der Waals surface area contributed by atoms with Crippen LogP contribution in [0.5, 0.6) is 0 Å². The fraction of sp³-hybridized carbons (Fsp3) is 0.562. The minimum absolute atomic E-state index is 0.0135. The molecule has 60 heavy (non-hydrogen) atoms. The summed E-state index contributed by atoms with van der Waals surface area (Å²) in [6.45, 7) is 7.10. The Morgan fingerprint density at radius 1 is 1.10 bits per heavy atom. The molecule has 3 aromatic heterocycles. The fourth-order valence-corrected chi connectivity index (χ4v) is 8.30. The molecule has 3 aromatic rings. The van der Waals surface area contributed by atoms with Gasteiger partial charge in [-0.1, -0.05) is 38.6 Å². The smallest absolute Gasteiger partial charge is 0.455 e. The number of carbonyl (C=O) groups excluding carboxylic acids is 3. The number of phosphoric ester groups is 2. The third-order valence-corrected chi connectivity index (χ3v) is 11.1. The van der Waals surface area contributed by atoms with Crippen LogP contribution >= 0.6 is 27.4 Å². The lowest BCUT2D eigenvalue weighted by Gasteiger charge is -2.26. The molecule has 330 valence electrons. The standard InChI is InChI=1S/C32H45N9O16P2S/c1-5-6-7-21(42)38-16(10-23(43)60-32(2,3)4)30(45)56-26-19(55-29(25(26)44)41-15-37-24-27(34)35-14-36-28(24)41)13-53-59(50,51)57-17-11-22(40-9-8-20(33)39-31(40)46)54-18(17)12-52-58(47,48)49/h5,8-9,14-19,22,25-26,29,44H,1,6-7,10-13H2,2-4H3,(H,38,42)(H,50,51)(H2,33,39,46)(H2,34,35,36)(H2,47,48,49)/t16-,17+,18-,19+,22-,25-,26-,29-/m1/s1. The van der Waals surface area contributed by atoms with Crippen molar-refractivity contribution in [1.29, 1.82) is 0 Å². The number of nitrogen functional groups attached to an aromatic ring is 2. The van der Waals surface area contributed by atoms with Gasteiger partial charge in [0.15, 0.2) is 28.9 Å². The van der Waals surface area contributed by atoms with Crippen molar-refractivity contribution in [1.82, 2.24) is 34.4 Å². The topological polar surface area (TPSA) is 364 Å². The van der Waals surface area contributed by atoms with E-state index in [0.29, 0.717) is 0 Å². The average Bonchev–Trinajstić information content (AvgIpc) is 3.83. The number of allylic oxidation sites excluding steroid dienone is 1. The van der Waals surface area contributed by atoms with E-state index in [9.17, 15) is 48.1 Å². The van der Waals surface area contributed by atoms with Crippen LogP contribution in [0, 0.1) is 0 Å². The van der Waals surface area contributed by atoms with Crippen molar-refractivity contribution in [2.24, 2.45) is 0 Å². The van der Waals surface area contributed by atoms with E-state index in [1.165, 1.54) is 29.2 Å². The number of ether oxygens (including phenoxy) is 3. The molecule has 1 amide bonds. The lowest BCUT2D eigenvalue weighted by atomic mass is 10.1. The Balaban J connectivity index is 1.39. The van der Waals surface area contributed by atoms with Gasteiger partial charge in [-0.25, -0.2) is 33.7 Å². The number of aliphatic hydroxyl groups excluding tert-OH is 1. The maximum Gasteiger partial charge on any atom is 0.472 e. The number of aliphatic hydroxyl groups is 1. The SMILES string of the molecule is C=CCCC(=O)N[C@H](CC(=O)SC(C)(C)C)C(=O)O[C@H]1[C@@H](O)[C@H](n2cnc3c(N)ncnc32)O[C@H]1COP(=O)(O)O[C@H]1C[C@H](n2ccc(N)nc2=O)O[C@@H]1COP(=O)(O)O. The zero-order valence-corrected chi connectivity index (χ0v) is 34.9. The predicted octanol–water partition coefficient (Wildman–Crippen LogP) is 0.216. The van der Waals surface area contributed by atoms with Crippen LogP contribution in [0.2, 0.25) is 0 Å². The molecule has 2 saturated heterocycles. The molecule has 0 radical (unpaired) electrons. The Hall–Kier alpha value is -4.17. The lowest BCUT2D eigenvalue weighted by molar-refractivity contribution is -0.160. The fourth-order valence-electron chi connectivity index (χ4n) is 6.06. The summed E-state index contributed by atoms with van der Waals surface area (Å²) >= 11 is 0.926. The van der Waals surface area contributed by atoms with Crippen molar-refractivity contribution in [2.75, 3.05) is 24.7 Å². The summed E-state index contributed by atoms with van der Waals surface area (Å²) in [7, 11) is -10.3. The molecule has 5 heterocycles. The van der Waals surface area contributed by atoms with Crippen molar-refractivity contribution in [3.63, 3.8) is 0 Å². The van der Waals surface area contributed by atoms with E-state index in [4.69, 9.17) is 34.7 Å². The highest BCUT2D eigenvalue weighted by Crippen LogP contribution is 2.50. The number of anilines is 2. The van der Waals surface area contributed by atoms with Crippen molar-refractivity contribution in [2.45, 2.75) is 100 Å². The Kier molecular flexibility index (Phi) is 15.0. The van der Waals surface area contributed by atoms with Gasteiger partial charge in [0.25, 0.3) is 0 Å². The first-order chi connectivity index (χ1) is 28.0. The first kappa shape index (κ1) is 46.9. The zero-order chi connectivity index (χ0) is 44.2. The number of hydrogen-bond donors (Lipinski definition) is 7. The summed E-state index contributed by atoms with van der Waals surface area (Å²) in [6.07, 6.45) is -6.39. The number of rotatable bonds is 18. The van der Waals surface area contributed by atoms with Crippen LogP contribution in [0.1, 0.15) is 58.9 Å². The number of esters is 1. The number of nitrogens with two attached hydrogens (primary N) is 2. The summed E-state index contributed by atoms with van der Waals surface area (Å²) in [5.74, 6) is -1.90. The number of thioether (sulfide) groups is 1. The number of amides is 1. The highest BCUT2D eigenvalue weighted by Gasteiger charge is 2.50. The molecule has 5 rings (SSSR count). The molecular weight excluding hydrogens is 860 g/mol. The third kappa shape index (κ3) is 12.5. The van der Waals surface area contributed by atoms with E-state index in [-0.39, 0.29) is 42.1 Å². The Bertz CT molecular complexity index is 2220. The molecule has 28 heteroatoms. The minimum atomic E-state index is -5.25. The Morgan fingerprint density at radius 3 is 2.48 bits per heavy atom. The molecule has 2 fully saturated rings. The predicted molar refractivity (Wildman–Crippen MR) is 208 cm³/mol. The zero-order valence-electron chi connectivity index (χ0n) is 32.3. The number of carbonyl (C=O) groups is 3. The van der Waals surface area contributed by atoms with Crippen molar-refractivity contribution >= 4 is 67.2 Å². The molecule has 0 saturated carbocycles. The average molecular weight is 906 g/mol. The number of nitrogens with one attached hydrogen (secondary N) is 1. The number of imidazole rings is 1. The van der Waals surface area contributed by atoms with E-state index < -0.39 is 112 Å². The van der Waals surface area contributed by atoms with Gasteiger partial charge in [-0.15, -0.1) is 6.58 Å². The van der Waals surface area contributed by atoms with E-state index in [1.54, 1.807) is 20.8 Å². The van der Waals surface area contributed by atoms with Gasteiger partial charge in [-0.3, -0.25) is 32.3 Å². The Morgan fingerprint density at radius 2 is 1.82 bits per heavy atom. The number of nitrogens with zero attached hydrogens (tertiary/aromatic N) is 6. The molecule has 1 unspecified atom stereocenters. The molecule has 9 atom stereocenters. The van der Waals surface area contributed by atoms with Gasteiger partial charge in [0.1, 0.15) is 54.3 Å². The molecule has 0 aliphatic carbocycles. The second kappa shape index (κ2) is 19.3. The van der Waals surface area contributed by atoms with Crippen LogP contribution in [-0.4, -0.2) is 120 Å². The van der Waals surface area contributed by atoms with Crippen LogP contribution in [0.25, 0.3) is 11.2 Å². The second-order valence-corrected chi connectivity index (χ2v) is 18.9. The summed E-state index contributed by atoms with van der Waals surface area (Å²) in [6, 6.07) is -0.277. The molecule has 25 nitrogen and oxygen atoms in total. The normalized spacial score (nSPS) is 24.8. The van der Waals surface area contributed by atoms with Gasteiger partial charge in [-0.2, -0.15) is 4.98 Å². The maximum absolute atomic E-state index is 13.8. The molecule has 0 spiro atoms. The largest absolute Gasteiger partial charge is 0.472 e. The van der Waals surface area contributed by atoms with Crippen LogP contribution in [-0.2, 0) is 51.3 Å². The second-order valence-electron chi connectivity index (χ2n) is 14.4. The molecule has 0 bridgehead atoms. The lowest BCUT2D eigenvalue weighted by Crippen LogP contribution is -2.47. The highest BCUT2D eigenvalue weighted by molar-refractivity contribution is 8.14. The van der Waals surface area contributed by atoms with Crippen molar-refractivity contribution in [3.8, 4) is 0 Å². The van der Waals surface area contributed by atoms with E-state index in [0.717, 1.165) is 22.7 Å². The van der Waals surface area contributed by atoms with Crippen molar-refractivity contribution in [3.05, 3.63) is 48.1 Å². The highest BCUT2D eigenvalue weighted by atomic mass is 32.2. The van der Waals surface area contributed by atoms with Gasteiger partial charge < -0.3 is 50.8 Å². The summed E-state index contributed by atoms with van der Waals surface area (Å²) in [5.41, 5.74) is 10.8. The molecule has 2 aliphatic heterocycles. The summed E-state index contributed by atoms with van der Waals surface area (Å²) in [5, 5.41) is 13.6. The van der Waals surface area contributed by atoms with Crippen LogP contribution < -0.4 is 22.5 Å². The van der Waals surface area contributed by atoms with Gasteiger partial charge in [0.2, 0.25) is 5.91 Å². The molecule has 9 N–H and O–H groups in total. The maximum atomic E-state index is 13.8. The number of fused-ring (bicyclic) bond motifs is 1. The molecular formula is C32H45N9O16P2S. The van der Waals surface area contributed by atoms with E-state index in [2.05, 4.69) is 36.4 Å². The number of aromatic nitrogens is 6. The first-order valence-corrected chi connectivity index (χ1v) is 21.8.